The number of carbonyl (C=O) groups excluding carboxylic acids is 3. The van der Waals surface area contributed by atoms with Crippen LogP contribution < -0.4 is 10.2 Å². The predicted octanol–water partition coefficient (Wildman–Crippen LogP) is 4.51. The number of hydrogen-bond donors (Lipinski definition) is 1. The van der Waals surface area contributed by atoms with E-state index >= 15 is 0 Å². The van der Waals surface area contributed by atoms with Crippen LogP contribution in [0, 0.1) is 17.5 Å². The number of nitrogens with zero attached hydrogens (tertiary/aromatic N) is 2. The monoisotopic (exact) mass is 467 g/mol. The van der Waals surface area contributed by atoms with Crippen LogP contribution in [0.1, 0.15) is 12.0 Å². The Hall–Kier alpha value is -4.14. The Balaban J connectivity index is 1.58. The van der Waals surface area contributed by atoms with Crippen LogP contribution in [0.5, 0.6) is 0 Å². The van der Waals surface area contributed by atoms with Gasteiger partial charge in [0, 0.05) is 12.2 Å². The van der Waals surface area contributed by atoms with Crippen LogP contribution in [-0.4, -0.2) is 35.3 Å². The van der Waals surface area contributed by atoms with Crippen molar-refractivity contribution in [3.63, 3.8) is 0 Å². The lowest BCUT2D eigenvalue weighted by Gasteiger charge is -2.21. The van der Waals surface area contributed by atoms with Gasteiger partial charge in [0.25, 0.3) is 5.91 Å². The SMILES string of the molecule is O=C(CC1C(=O)N(c2cccc(F)c2)C(=O)N1CCc1ccccc1F)Nc1cccc(F)c1. The quantitative estimate of drug-likeness (QED) is 0.520. The van der Waals surface area contributed by atoms with Crippen LogP contribution in [0.2, 0.25) is 0 Å². The molecule has 3 aromatic carbocycles. The van der Waals surface area contributed by atoms with E-state index in [4.69, 9.17) is 0 Å². The molecular weight excluding hydrogens is 447 g/mol. The first kappa shape index (κ1) is 23.0. The molecule has 6 nitrogen and oxygen atoms in total. The van der Waals surface area contributed by atoms with E-state index in [1.54, 1.807) is 12.1 Å². The Morgan fingerprint density at radius 2 is 1.59 bits per heavy atom. The molecule has 1 fully saturated rings. The normalized spacial score (nSPS) is 15.7. The lowest BCUT2D eigenvalue weighted by molar-refractivity contribution is -0.124. The van der Waals surface area contributed by atoms with E-state index in [1.165, 1.54) is 53.4 Å². The summed E-state index contributed by atoms with van der Waals surface area (Å²) in [5.41, 5.74) is 0.565. The molecule has 1 atom stereocenters. The van der Waals surface area contributed by atoms with Crippen molar-refractivity contribution in [2.75, 3.05) is 16.8 Å². The number of hydrogen-bond acceptors (Lipinski definition) is 3. The van der Waals surface area contributed by atoms with Gasteiger partial charge in [-0.25, -0.2) is 22.9 Å². The van der Waals surface area contributed by atoms with Gasteiger partial charge in [-0.05, 0) is 54.4 Å². The van der Waals surface area contributed by atoms with Crippen molar-refractivity contribution >= 4 is 29.2 Å². The second-order valence-corrected chi connectivity index (χ2v) is 7.75. The highest BCUT2D eigenvalue weighted by Crippen LogP contribution is 2.28. The molecule has 1 heterocycles. The maximum absolute atomic E-state index is 14.1. The lowest BCUT2D eigenvalue weighted by atomic mass is 10.1. The summed E-state index contributed by atoms with van der Waals surface area (Å²) in [4.78, 5) is 41.0. The van der Waals surface area contributed by atoms with Crippen LogP contribution in [-0.2, 0) is 16.0 Å². The second-order valence-electron chi connectivity index (χ2n) is 7.75. The van der Waals surface area contributed by atoms with Crippen molar-refractivity contribution in [3.05, 3.63) is 95.8 Å². The molecule has 1 aliphatic rings. The molecule has 0 aliphatic carbocycles. The summed E-state index contributed by atoms with van der Waals surface area (Å²) in [6.07, 6.45) is -0.311. The summed E-state index contributed by atoms with van der Waals surface area (Å²) >= 11 is 0. The number of urea groups is 1. The molecule has 0 radical (unpaired) electrons. The number of amides is 4. The molecule has 0 bridgehead atoms. The molecule has 174 valence electrons. The number of rotatable bonds is 7. The van der Waals surface area contributed by atoms with E-state index in [0.717, 1.165) is 17.0 Å². The molecule has 1 saturated heterocycles. The molecule has 1 aliphatic heterocycles. The Kier molecular flexibility index (Phi) is 6.62. The zero-order valence-electron chi connectivity index (χ0n) is 17.9. The summed E-state index contributed by atoms with van der Waals surface area (Å²) in [7, 11) is 0. The van der Waals surface area contributed by atoms with Crippen molar-refractivity contribution in [3.8, 4) is 0 Å². The van der Waals surface area contributed by atoms with Gasteiger partial charge in [0.15, 0.2) is 0 Å². The molecule has 0 saturated carbocycles. The van der Waals surface area contributed by atoms with E-state index in [1.807, 2.05) is 0 Å². The van der Waals surface area contributed by atoms with Gasteiger partial charge in [0.1, 0.15) is 23.5 Å². The third kappa shape index (κ3) is 4.93. The number of benzene rings is 3. The minimum absolute atomic E-state index is 0.0268. The molecule has 0 spiro atoms. The Labute approximate surface area is 193 Å². The maximum atomic E-state index is 14.1. The fraction of sp³-hybridized carbons (Fsp3) is 0.160. The van der Waals surface area contributed by atoms with Crippen LogP contribution in [0.15, 0.2) is 72.8 Å². The number of anilines is 2. The van der Waals surface area contributed by atoms with Gasteiger partial charge in [-0.1, -0.05) is 30.3 Å². The molecule has 4 rings (SSSR count). The van der Waals surface area contributed by atoms with Crippen LogP contribution in [0.25, 0.3) is 0 Å². The Morgan fingerprint density at radius 3 is 2.29 bits per heavy atom. The second kappa shape index (κ2) is 9.78. The first-order chi connectivity index (χ1) is 16.3. The summed E-state index contributed by atoms with van der Waals surface area (Å²) in [6, 6.07) is 14.3. The number of nitrogens with one attached hydrogen (secondary N) is 1. The molecule has 3 aromatic rings. The van der Waals surface area contributed by atoms with Gasteiger partial charge in [-0.15, -0.1) is 0 Å². The molecule has 0 aromatic heterocycles. The first-order valence-electron chi connectivity index (χ1n) is 10.5. The number of imide groups is 1. The van der Waals surface area contributed by atoms with E-state index in [-0.39, 0.29) is 24.3 Å². The van der Waals surface area contributed by atoms with Gasteiger partial charge in [-0.3, -0.25) is 9.59 Å². The summed E-state index contributed by atoms with van der Waals surface area (Å²) in [5.74, 6) is -2.97. The highest BCUT2D eigenvalue weighted by Gasteiger charge is 2.46. The molecular formula is C25H20F3N3O3. The van der Waals surface area contributed by atoms with Crippen LogP contribution >= 0.6 is 0 Å². The molecule has 9 heteroatoms. The van der Waals surface area contributed by atoms with Crippen LogP contribution in [0.3, 0.4) is 0 Å². The largest absolute Gasteiger partial charge is 0.332 e. The van der Waals surface area contributed by atoms with Crippen molar-refractivity contribution in [1.82, 2.24) is 4.90 Å². The fourth-order valence-electron chi connectivity index (χ4n) is 3.84. The smallest absolute Gasteiger partial charge is 0.326 e. The van der Waals surface area contributed by atoms with Crippen LogP contribution in [0.4, 0.5) is 29.3 Å². The van der Waals surface area contributed by atoms with Gasteiger partial charge in [-0.2, -0.15) is 0 Å². The summed E-state index contributed by atoms with van der Waals surface area (Å²) in [6.45, 7) is -0.0464. The molecule has 1 N–H and O–H groups in total. The third-order valence-corrected chi connectivity index (χ3v) is 5.45. The molecule has 1 unspecified atom stereocenters. The number of carbonyl (C=O) groups is 3. The minimum atomic E-state index is -1.20. The van der Waals surface area contributed by atoms with Gasteiger partial charge < -0.3 is 10.2 Å². The Morgan fingerprint density at radius 1 is 0.882 bits per heavy atom. The zero-order chi connectivity index (χ0) is 24.2. The predicted molar refractivity (Wildman–Crippen MR) is 120 cm³/mol. The van der Waals surface area contributed by atoms with Crippen molar-refractivity contribution in [2.45, 2.75) is 18.9 Å². The maximum Gasteiger partial charge on any atom is 0.332 e. The fourth-order valence-corrected chi connectivity index (χ4v) is 3.84. The average Bonchev–Trinajstić information content (AvgIpc) is 3.02. The van der Waals surface area contributed by atoms with Crippen molar-refractivity contribution < 1.29 is 27.6 Å². The number of halogens is 3. The Bertz CT molecular complexity index is 1250. The zero-order valence-corrected chi connectivity index (χ0v) is 17.9. The summed E-state index contributed by atoms with van der Waals surface area (Å²) in [5, 5.41) is 2.50. The van der Waals surface area contributed by atoms with Gasteiger partial charge in [0.2, 0.25) is 5.91 Å². The van der Waals surface area contributed by atoms with E-state index in [9.17, 15) is 27.6 Å². The summed E-state index contributed by atoms with van der Waals surface area (Å²) < 4.78 is 41.3. The molecule has 34 heavy (non-hydrogen) atoms. The third-order valence-electron chi connectivity index (χ3n) is 5.45. The average molecular weight is 467 g/mol. The van der Waals surface area contributed by atoms with E-state index < -0.39 is 47.8 Å². The molecule has 4 amide bonds. The highest BCUT2D eigenvalue weighted by molar-refractivity contribution is 6.22. The van der Waals surface area contributed by atoms with E-state index in [0.29, 0.717) is 5.56 Å². The van der Waals surface area contributed by atoms with Gasteiger partial charge >= 0.3 is 6.03 Å². The van der Waals surface area contributed by atoms with Crippen molar-refractivity contribution in [2.24, 2.45) is 0 Å². The van der Waals surface area contributed by atoms with Gasteiger partial charge in [0.05, 0.1) is 12.1 Å². The highest BCUT2D eigenvalue weighted by atomic mass is 19.1. The van der Waals surface area contributed by atoms with Crippen molar-refractivity contribution in [1.29, 1.82) is 0 Å². The lowest BCUT2D eigenvalue weighted by Crippen LogP contribution is -2.39. The minimum Gasteiger partial charge on any atom is -0.326 e. The first-order valence-corrected chi connectivity index (χ1v) is 10.5. The topological polar surface area (TPSA) is 69.7 Å². The van der Waals surface area contributed by atoms with E-state index in [2.05, 4.69) is 5.32 Å². The standard InChI is InChI=1S/C25H20F3N3O3/c26-17-6-3-8-19(13-17)29-23(32)15-22-24(33)31(20-9-4-7-18(27)14-20)25(34)30(22)12-11-16-5-1-2-10-21(16)28/h1-10,13-14,22H,11-12,15H2,(H,29,32).